The van der Waals surface area contributed by atoms with Gasteiger partial charge in [-0.15, -0.1) is 0 Å². The molecule has 1 aliphatic rings. The zero-order valence-electron chi connectivity index (χ0n) is 11.7. The SMILES string of the molecule is CCCNCC(C)(C)CC1CCC(C)(C)O1. The van der Waals surface area contributed by atoms with Crippen molar-refractivity contribution in [2.45, 2.75) is 72.0 Å². The quantitative estimate of drug-likeness (QED) is 0.703. The van der Waals surface area contributed by atoms with E-state index >= 15 is 0 Å². The normalized spacial score (nSPS) is 24.9. The molecule has 0 radical (unpaired) electrons. The molecule has 1 unspecified atom stereocenters. The molecule has 2 nitrogen and oxygen atoms in total. The van der Waals surface area contributed by atoms with Crippen LogP contribution in [0.15, 0.2) is 0 Å². The summed E-state index contributed by atoms with van der Waals surface area (Å²) < 4.78 is 6.06. The van der Waals surface area contributed by atoms with Gasteiger partial charge in [0.2, 0.25) is 0 Å². The molecule has 0 bridgehead atoms. The lowest BCUT2D eigenvalue weighted by Gasteiger charge is -2.29. The molecule has 16 heavy (non-hydrogen) atoms. The van der Waals surface area contributed by atoms with Gasteiger partial charge in [0.15, 0.2) is 0 Å². The van der Waals surface area contributed by atoms with Crippen LogP contribution in [0.4, 0.5) is 0 Å². The molecule has 2 heteroatoms. The Kier molecular flexibility index (Phi) is 4.81. The Bertz CT molecular complexity index is 211. The Morgan fingerprint density at radius 3 is 2.56 bits per heavy atom. The minimum absolute atomic E-state index is 0.109. The monoisotopic (exact) mass is 227 g/mol. The summed E-state index contributed by atoms with van der Waals surface area (Å²) in [5, 5.41) is 3.51. The molecule has 1 rings (SSSR count). The van der Waals surface area contributed by atoms with Gasteiger partial charge < -0.3 is 10.1 Å². The molecule has 0 aromatic heterocycles. The Hall–Kier alpha value is -0.0800. The first-order valence-electron chi connectivity index (χ1n) is 6.73. The van der Waals surface area contributed by atoms with Crippen LogP contribution in [0.5, 0.6) is 0 Å². The second kappa shape index (κ2) is 5.50. The summed E-state index contributed by atoms with van der Waals surface area (Å²) in [5.41, 5.74) is 0.456. The fourth-order valence-electron chi connectivity index (χ4n) is 2.51. The van der Waals surface area contributed by atoms with Crippen molar-refractivity contribution in [3.63, 3.8) is 0 Å². The van der Waals surface area contributed by atoms with Gasteiger partial charge in [-0.25, -0.2) is 0 Å². The molecule has 0 aromatic carbocycles. The maximum absolute atomic E-state index is 6.06. The van der Waals surface area contributed by atoms with Crippen molar-refractivity contribution in [1.82, 2.24) is 5.32 Å². The van der Waals surface area contributed by atoms with Crippen LogP contribution >= 0.6 is 0 Å². The van der Waals surface area contributed by atoms with E-state index in [1.54, 1.807) is 0 Å². The lowest BCUT2D eigenvalue weighted by molar-refractivity contribution is -0.0316. The van der Waals surface area contributed by atoms with Crippen molar-refractivity contribution >= 4 is 0 Å². The lowest BCUT2D eigenvalue weighted by Crippen LogP contribution is -2.33. The molecule has 1 N–H and O–H groups in total. The first kappa shape index (κ1) is 14.0. The number of hydrogen-bond donors (Lipinski definition) is 1. The molecule has 96 valence electrons. The van der Waals surface area contributed by atoms with E-state index in [-0.39, 0.29) is 5.60 Å². The Labute approximate surface area is 101 Å². The van der Waals surface area contributed by atoms with Crippen molar-refractivity contribution in [3.8, 4) is 0 Å². The molecule has 0 saturated carbocycles. The van der Waals surface area contributed by atoms with Crippen molar-refractivity contribution in [3.05, 3.63) is 0 Å². The molecular weight excluding hydrogens is 198 g/mol. The first-order valence-corrected chi connectivity index (χ1v) is 6.73. The molecule has 1 saturated heterocycles. The van der Waals surface area contributed by atoms with Crippen LogP contribution in [-0.4, -0.2) is 24.8 Å². The molecule has 1 fully saturated rings. The average Bonchev–Trinajstić information content (AvgIpc) is 2.44. The Morgan fingerprint density at radius 2 is 2.06 bits per heavy atom. The van der Waals surface area contributed by atoms with Gasteiger partial charge in [-0.3, -0.25) is 0 Å². The standard InChI is InChI=1S/C14H29NO/c1-6-9-15-11-13(2,3)10-12-7-8-14(4,5)16-12/h12,15H,6-11H2,1-5H3. The van der Waals surface area contributed by atoms with Gasteiger partial charge in [0.1, 0.15) is 0 Å². The minimum atomic E-state index is 0.109. The summed E-state index contributed by atoms with van der Waals surface area (Å²) in [6.45, 7) is 13.5. The third kappa shape index (κ3) is 4.84. The van der Waals surface area contributed by atoms with Gasteiger partial charge in [-0.2, -0.15) is 0 Å². The predicted molar refractivity (Wildman–Crippen MR) is 69.7 cm³/mol. The van der Waals surface area contributed by atoms with E-state index in [2.05, 4.69) is 39.9 Å². The molecule has 1 atom stereocenters. The van der Waals surface area contributed by atoms with Crippen LogP contribution < -0.4 is 5.32 Å². The van der Waals surface area contributed by atoms with Crippen LogP contribution in [0.25, 0.3) is 0 Å². The second-order valence-corrected chi connectivity index (χ2v) is 6.58. The van der Waals surface area contributed by atoms with E-state index in [1.165, 1.54) is 25.7 Å². The Morgan fingerprint density at radius 1 is 1.38 bits per heavy atom. The summed E-state index contributed by atoms with van der Waals surface area (Å²) in [6, 6.07) is 0. The van der Waals surface area contributed by atoms with Crippen LogP contribution in [0, 0.1) is 5.41 Å². The van der Waals surface area contributed by atoms with Gasteiger partial charge in [0, 0.05) is 6.54 Å². The van der Waals surface area contributed by atoms with E-state index in [4.69, 9.17) is 4.74 Å². The lowest BCUT2D eigenvalue weighted by atomic mass is 9.85. The zero-order valence-corrected chi connectivity index (χ0v) is 11.7. The topological polar surface area (TPSA) is 21.3 Å². The highest BCUT2D eigenvalue weighted by atomic mass is 16.5. The molecule has 0 amide bonds. The number of hydrogen-bond acceptors (Lipinski definition) is 2. The maximum atomic E-state index is 6.06. The first-order chi connectivity index (χ1) is 7.35. The number of ether oxygens (including phenoxy) is 1. The molecule has 1 heterocycles. The van der Waals surface area contributed by atoms with Crippen LogP contribution in [0.2, 0.25) is 0 Å². The van der Waals surface area contributed by atoms with Crippen molar-refractivity contribution in [1.29, 1.82) is 0 Å². The summed E-state index contributed by atoms with van der Waals surface area (Å²) in [7, 11) is 0. The summed E-state index contributed by atoms with van der Waals surface area (Å²) >= 11 is 0. The second-order valence-electron chi connectivity index (χ2n) is 6.58. The number of nitrogens with one attached hydrogen (secondary N) is 1. The maximum Gasteiger partial charge on any atom is 0.0631 e. The molecule has 0 aromatic rings. The summed E-state index contributed by atoms with van der Waals surface area (Å²) in [6.07, 6.45) is 5.28. The Balaban J connectivity index is 2.29. The van der Waals surface area contributed by atoms with E-state index in [1.807, 2.05) is 0 Å². The molecule has 0 spiro atoms. The molecular formula is C14H29NO. The highest BCUT2D eigenvalue weighted by Gasteiger charge is 2.34. The predicted octanol–water partition coefficient (Wildman–Crippen LogP) is 3.36. The average molecular weight is 227 g/mol. The van der Waals surface area contributed by atoms with Crippen molar-refractivity contribution in [2.75, 3.05) is 13.1 Å². The highest BCUT2D eigenvalue weighted by Crippen LogP contribution is 2.35. The van der Waals surface area contributed by atoms with Gasteiger partial charge in [0.25, 0.3) is 0 Å². The summed E-state index contributed by atoms with van der Waals surface area (Å²) in [4.78, 5) is 0. The largest absolute Gasteiger partial charge is 0.372 e. The smallest absolute Gasteiger partial charge is 0.0631 e. The van der Waals surface area contributed by atoms with E-state index in [0.717, 1.165) is 13.1 Å². The van der Waals surface area contributed by atoms with Gasteiger partial charge in [-0.1, -0.05) is 20.8 Å². The van der Waals surface area contributed by atoms with Crippen molar-refractivity contribution in [2.24, 2.45) is 5.41 Å². The molecule has 0 aliphatic carbocycles. The van der Waals surface area contributed by atoms with Crippen LogP contribution in [-0.2, 0) is 4.74 Å². The summed E-state index contributed by atoms with van der Waals surface area (Å²) in [5.74, 6) is 0. The van der Waals surface area contributed by atoms with Crippen LogP contribution in [0.1, 0.15) is 60.3 Å². The third-order valence-corrected chi connectivity index (χ3v) is 3.36. The highest BCUT2D eigenvalue weighted by molar-refractivity contribution is 4.85. The fourth-order valence-corrected chi connectivity index (χ4v) is 2.51. The van der Waals surface area contributed by atoms with Crippen molar-refractivity contribution < 1.29 is 4.74 Å². The third-order valence-electron chi connectivity index (χ3n) is 3.36. The van der Waals surface area contributed by atoms with E-state index in [0.29, 0.717) is 11.5 Å². The van der Waals surface area contributed by atoms with E-state index in [9.17, 15) is 0 Å². The number of rotatable bonds is 6. The van der Waals surface area contributed by atoms with Crippen LogP contribution in [0.3, 0.4) is 0 Å². The van der Waals surface area contributed by atoms with Gasteiger partial charge in [-0.05, 0) is 51.5 Å². The van der Waals surface area contributed by atoms with Gasteiger partial charge in [0.05, 0.1) is 11.7 Å². The zero-order chi connectivity index (χ0) is 12.2. The fraction of sp³-hybridized carbons (Fsp3) is 1.00. The minimum Gasteiger partial charge on any atom is -0.372 e. The van der Waals surface area contributed by atoms with E-state index < -0.39 is 0 Å². The molecule has 1 aliphatic heterocycles. The van der Waals surface area contributed by atoms with Gasteiger partial charge >= 0.3 is 0 Å².